The SMILES string of the molecule is CSc1nnc(SC2CC(C(C)(C)C)CCC2C(=O)O)s1. The zero-order valence-corrected chi connectivity index (χ0v) is 15.3. The molecule has 0 bridgehead atoms. The highest BCUT2D eigenvalue weighted by Crippen LogP contribution is 2.46. The summed E-state index contributed by atoms with van der Waals surface area (Å²) < 4.78 is 1.83. The zero-order chi connectivity index (χ0) is 15.6. The third-order valence-corrected chi connectivity index (χ3v) is 7.49. The van der Waals surface area contributed by atoms with Gasteiger partial charge in [0.05, 0.1) is 5.92 Å². The van der Waals surface area contributed by atoms with Crippen LogP contribution in [-0.4, -0.2) is 32.8 Å². The smallest absolute Gasteiger partial charge is 0.307 e. The first kappa shape index (κ1) is 17.1. The molecule has 3 unspecified atom stereocenters. The Morgan fingerprint density at radius 2 is 1.95 bits per heavy atom. The number of hydrogen-bond acceptors (Lipinski definition) is 6. The van der Waals surface area contributed by atoms with Gasteiger partial charge in [-0.2, -0.15) is 0 Å². The summed E-state index contributed by atoms with van der Waals surface area (Å²) in [5, 5.41) is 17.9. The minimum atomic E-state index is -0.672. The fourth-order valence-electron chi connectivity index (χ4n) is 2.79. The van der Waals surface area contributed by atoms with E-state index in [0.29, 0.717) is 5.92 Å². The number of aromatic nitrogens is 2. The third-order valence-electron chi connectivity index (χ3n) is 4.15. The standard InChI is InChI=1S/C14H22N2O2S3/c1-14(2,3)8-5-6-9(11(17)18)10(7-8)20-13-16-15-12(19-4)21-13/h8-10H,5-7H2,1-4H3,(H,17,18). The lowest BCUT2D eigenvalue weighted by atomic mass is 9.69. The number of aliphatic carboxylic acids is 1. The summed E-state index contributed by atoms with van der Waals surface area (Å²) in [6.07, 6.45) is 4.69. The second-order valence-corrected chi connectivity index (χ2v) is 10.0. The fraction of sp³-hybridized carbons (Fsp3) is 0.786. The molecule has 21 heavy (non-hydrogen) atoms. The minimum Gasteiger partial charge on any atom is -0.481 e. The maximum absolute atomic E-state index is 11.5. The van der Waals surface area contributed by atoms with E-state index in [0.717, 1.165) is 27.9 Å². The van der Waals surface area contributed by atoms with E-state index in [-0.39, 0.29) is 16.6 Å². The molecule has 3 atom stereocenters. The molecule has 1 heterocycles. The van der Waals surface area contributed by atoms with Crippen molar-refractivity contribution in [2.45, 2.75) is 54.0 Å². The first-order valence-electron chi connectivity index (χ1n) is 7.08. The Labute approximate surface area is 138 Å². The van der Waals surface area contributed by atoms with E-state index in [1.165, 1.54) is 0 Å². The first-order chi connectivity index (χ1) is 9.81. The number of thioether (sulfide) groups is 2. The molecule has 1 aromatic rings. The van der Waals surface area contributed by atoms with Crippen molar-refractivity contribution < 1.29 is 9.90 Å². The first-order valence-corrected chi connectivity index (χ1v) is 10.00. The van der Waals surface area contributed by atoms with Gasteiger partial charge in [-0.05, 0) is 36.9 Å². The number of carbonyl (C=O) groups is 1. The Hall–Kier alpha value is -0.270. The number of carboxylic acid groups (broad SMARTS) is 1. The largest absolute Gasteiger partial charge is 0.481 e. The molecule has 118 valence electrons. The van der Waals surface area contributed by atoms with Crippen LogP contribution in [0.1, 0.15) is 40.0 Å². The molecule has 1 aromatic heterocycles. The van der Waals surface area contributed by atoms with E-state index in [1.54, 1.807) is 34.9 Å². The molecule has 0 radical (unpaired) electrons. The van der Waals surface area contributed by atoms with Crippen LogP contribution < -0.4 is 0 Å². The van der Waals surface area contributed by atoms with Crippen LogP contribution in [0.3, 0.4) is 0 Å². The lowest BCUT2D eigenvalue weighted by molar-refractivity contribution is -0.143. The molecular formula is C14H22N2O2S3. The van der Waals surface area contributed by atoms with Gasteiger partial charge in [-0.3, -0.25) is 4.79 Å². The number of hydrogen-bond donors (Lipinski definition) is 1. The molecule has 0 amide bonds. The molecule has 4 nitrogen and oxygen atoms in total. The van der Waals surface area contributed by atoms with E-state index in [4.69, 9.17) is 0 Å². The van der Waals surface area contributed by atoms with E-state index >= 15 is 0 Å². The lowest BCUT2D eigenvalue weighted by Gasteiger charge is -2.39. The number of nitrogens with zero attached hydrogens (tertiary/aromatic N) is 2. The van der Waals surface area contributed by atoms with E-state index in [2.05, 4.69) is 31.0 Å². The van der Waals surface area contributed by atoms with Crippen molar-refractivity contribution in [3.8, 4) is 0 Å². The van der Waals surface area contributed by atoms with E-state index < -0.39 is 5.97 Å². The average molecular weight is 347 g/mol. The van der Waals surface area contributed by atoms with Crippen molar-refractivity contribution in [3.05, 3.63) is 0 Å². The Kier molecular flexibility index (Phi) is 5.59. The van der Waals surface area contributed by atoms with Crippen molar-refractivity contribution >= 4 is 40.8 Å². The Balaban J connectivity index is 2.12. The fourth-order valence-corrected chi connectivity index (χ4v) is 5.84. The Morgan fingerprint density at radius 3 is 2.48 bits per heavy atom. The summed E-state index contributed by atoms with van der Waals surface area (Å²) in [7, 11) is 0. The maximum Gasteiger partial charge on any atom is 0.307 e. The maximum atomic E-state index is 11.5. The van der Waals surface area contributed by atoms with Gasteiger partial charge in [0.25, 0.3) is 0 Å². The van der Waals surface area contributed by atoms with Gasteiger partial charge in [0, 0.05) is 5.25 Å². The minimum absolute atomic E-state index is 0.100. The lowest BCUT2D eigenvalue weighted by Crippen LogP contribution is -2.37. The summed E-state index contributed by atoms with van der Waals surface area (Å²) in [5.74, 6) is -0.372. The second kappa shape index (κ2) is 6.87. The van der Waals surface area contributed by atoms with Gasteiger partial charge in [0.1, 0.15) is 0 Å². The van der Waals surface area contributed by atoms with Gasteiger partial charge >= 0.3 is 5.97 Å². The topological polar surface area (TPSA) is 63.1 Å². The molecule has 1 fully saturated rings. The molecule has 1 saturated carbocycles. The summed E-state index contributed by atoms with van der Waals surface area (Å²) in [4.78, 5) is 11.5. The van der Waals surface area contributed by atoms with Crippen molar-refractivity contribution in [3.63, 3.8) is 0 Å². The van der Waals surface area contributed by atoms with Crippen molar-refractivity contribution in [1.29, 1.82) is 0 Å². The Bertz CT molecular complexity index is 499. The quantitative estimate of drug-likeness (QED) is 0.822. The number of carboxylic acids is 1. The summed E-state index contributed by atoms with van der Waals surface area (Å²) in [5.41, 5.74) is 0.230. The van der Waals surface area contributed by atoms with Gasteiger partial charge in [-0.25, -0.2) is 0 Å². The monoisotopic (exact) mass is 346 g/mol. The van der Waals surface area contributed by atoms with Gasteiger partial charge < -0.3 is 5.11 Å². The summed E-state index contributed by atoms with van der Waals surface area (Å²) in [6.45, 7) is 6.74. The predicted molar refractivity (Wildman–Crippen MR) is 89.3 cm³/mol. The third kappa shape index (κ3) is 4.36. The van der Waals surface area contributed by atoms with Crippen LogP contribution in [0.5, 0.6) is 0 Å². The van der Waals surface area contributed by atoms with Crippen LogP contribution in [-0.2, 0) is 4.79 Å². The van der Waals surface area contributed by atoms with Crippen molar-refractivity contribution in [1.82, 2.24) is 10.2 Å². The molecule has 1 N–H and O–H groups in total. The van der Waals surface area contributed by atoms with E-state index in [1.807, 2.05) is 6.26 Å². The van der Waals surface area contributed by atoms with Crippen molar-refractivity contribution in [2.75, 3.05) is 6.26 Å². The summed E-state index contributed by atoms with van der Waals surface area (Å²) >= 11 is 4.75. The summed E-state index contributed by atoms with van der Waals surface area (Å²) in [6, 6.07) is 0. The van der Waals surface area contributed by atoms with Crippen LogP contribution in [0.15, 0.2) is 8.68 Å². The van der Waals surface area contributed by atoms with Gasteiger partial charge in [0.15, 0.2) is 8.68 Å². The normalized spacial score (nSPS) is 26.8. The molecule has 1 aliphatic rings. The van der Waals surface area contributed by atoms with Crippen LogP contribution in [0.4, 0.5) is 0 Å². The highest BCUT2D eigenvalue weighted by molar-refractivity contribution is 8.03. The zero-order valence-electron chi connectivity index (χ0n) is 12.8. The molecule has 1 aliphatic carbocycles. The molecule has 0 saturated heterocycles. The van der Waals surface area contributed by atoms with Crippen LogP contribution >= 0.6 is 34.9 Å². The highest BCUT2D eigenvalue weighted by atomic mass is 32.2. The van der Waals surface area contributed by atoms with E-state index in [9.17, 15) is 9.90 Å². The molecule has 0 spiro atoms. The van der Waals surface area contributed by atoms with Gasteiger partial charge in [-0.1, -0.05) is 55.6 Å². The van der Waals surface area contributed by atoms with Gasteiger partial charge in [0.2, 0.25) is 0 Å². The molecule has 0 aliphatic heterocycles. The van der Waals surface area contributed by atoms with Crippen molar-refractivity contribution in [2.24, 2.45) is 17.3 Å². The predicted octanol–water partition coefficient (Wildman–Crippen LogP) is 4.27. The second-order valence-electron chi connectivity index (χ2n) is 6.52. The van der Waals surface area contributed by atoms with Crippen LogP contribution in [0.25, 0.3) is 0 Å². The molecular weight excluding hydrogens is 324 g/mol. The van der Waals surface area contributed by atoms with Gasteiger partial charge in [-0.15, -0.1) is 10.2 Å². The molecule has 0 aromatic carbocycles. The average Bonchev–Trinajstić information content (AvgIpc) is 2.85. The Morgan fingerprint density at radius 1 is 1.29 bits per heavy atom. The molecule has 7 heteroatoms. The van der Waals surface area contributed by atoms with Crippen LogP contribution in [0.2, 0.25) is 0 Å². The number of rotatable bonds is 4. The molecule has 2 rings (SSSR count). The van der Waals surface area contributed by atoms with Crippen LogP contribution in [0, 0.1) is 17.3 Å². The highest BCUT2D eigenvalue weighted by Gasteiger charge is 2.40.